The summed E-state index contributed by atoms with van der Waals surface area (Å²) in [6.45, 7) is 0. The zero-order valence-electron chi connectivity index (χ0n) is 29.7. The minimum Gasteiger partial charge on any atom is -0.0842 e. The second kappa shape index (κ2) is 13.3. The number of rotatable bonds is 5. The van der Waals surface area contributed by atoms with E-state index in [1.54, 1.807) is 0 Å². The van der Waals surface area contributed by atoms with Gasteiger partial charge in [0, 0.05) is 23.7 Å². The second-order valence-corrected chi connectivity index (χ2v) is 15.2. The molecule has 252 valence electrons. The van der Waals surface area contributed by atoms with E-state index in [-0.39, 0.29) is 5.92 Å². The first kappa shape index (κ1) is 31.3. The van der Waals surface area contributed by atoms with Crippen molar-refractivity contribution >= 4 is 32.7 Å². The summed E-state index contributed by atoms with van der Waals surface area (Å²) in [5.41, 5.74) is 14.5. The van der Waals surface area contributed by atoms with Crippen LogP contribution in [0, 0.1) is 23.7 Å². The molecule has 4 atom stereocenters. The molecule has 0 saturated heterocycles. The van der Waals surface area contributed by atoms with E-state index in [0.717, 1.165) is 32.1 Å². The van der Waals surface area contributed by atoms with Crippen LogP contribution in [0.5, 0.6) is 0 Å². The summed E-state index contributed by atoms with van der Waals surface area (Å²) in [5, 5.41) is 5.43. The van der Waals surface area contributed by atoms with Crippen LogP contribution < -0.4 is 0 Å². The van der Waals surface area contributed by atoms with Crippen LogP contribution in [0.25, 0.3) is 32.7 Å². The van der Waals surface area contributed by atoms with Gasteiger partial charge < -0.3 is 0 Å². The van der Waals surface area contributed by atoms with E-state index in [1.165, 1.54) is 83.7 Å². The highest BCUT2D eigenvalue weighted by molar-refractivity contribution is 6.17. The average molecular weight is 669 g/mol. The van der Waals surface area contributed by atoms with E-state index in [2.05, 4.69) is 170 Å². The average Bonchev–Trinajstić information content (AvgIpc) is 3.22. The summed E-state index contributed by atoms with van der Waals surface area (Å²) in [5.74, 6) is 1.30. The predicted molar refractivity (Wildman–Crippen MR) is 222 cm³/mol. The van der Waals surface area contributed by atoms with E-state index in [0.29, 0.717) is 17.8 Å². The Hall–Kier alpha value is -5.46. The van der Waals surface area contributed by atoms with Crippen LogP contribution in [0.3, 0.4) is 0 Å². The fourth-order valence-corrected chi connectivity index (χ4v) is 9.84. The Bertz CT molecular complexity index is 2400. The normalized spacial score (nSPS) is 26.1. The maximum Gasteiger partial charge on any atom is 0.0131 e. The Morgan fingerprint density at radius 3 is 1.79 bits per heavy atom. The topological polar surface area (TPSA) is 0 Å². The summed E-state index contributed by atoms with van der Waals surface area (Å²) in [6, 6.07) is 18.5. The zero-order chi connectivity index (χ0) is 34.4. The SMILES string of the molecule is C1=CCCC(C2=CC=C(C=CC3=CC=C(c4c5ccccc5c(C5=CC6=C(C=CCC6)C6C=CC=CC56)c5ccccc45)C4C=CC=CC34)CC2)=C1. The molecule has 7 aliphatic carbocycles. The van der Waals surface area contributed by atoms with Gasteiger partial charge in [-0.15, -0.1) is 0 Å². The highest BCUT2D eigenvalue weighted by Crippen LogP contribution is 2.51. The molecular weight excluding hydrogens is 625 g/mol. The third kappa shape index (κ3) is 5.36. The molecule has 0 aliphatic heterocycles. The van der Waals surface area contributed by atoms with Gasteiger partial charge in [-0.05, 0) is 116 Å². The van der Waals surface area contributed by atoms with Crippen LogP contribution in [0.2, 0.25) is 0 Å². The van der Waals surface area contributed by atoms with Crippen molar-refractivity contribution in [3.8, 4) is 0 Å². The van der Waals surface area contributed by atoms with E-state index < -0.39 is 0 Å². The molecule has 52 heavy (non-hydrogen) atoms. The quantitative estimate of drug-likeness (QED) is 0.237. The molecule has 0 saturated carbocycles. The van der Waals surface area contributed by atoms with Gasteiger partial charge in [-0.1, -0.05) is 170 Å². The molecule has 0 N–H and O–H groups in total. The molecule has 7 aliphatic rings. The maximum atomic E-state index is 2.56. The van der Waals surface area contributed by atoms with Gasteiger partial charge in [-0.25, -0.2) is 0 Å². The summed E-state index contributed by atoms with van der Waals surface area (Å²) < 4.78 is 0. The van der Waals surface area contributed by atoms with Gasteiger partial charge in [0.25, 0.3) is 0 Å². The van der Waals surface area contributed by atoms with Gasteiger partial charge in [-0.2, -0.15) is 0 Å². The van der Waals surface area contributed by atoms with Crippen LogP contribution in [-0.4, -0.2) is 0 Å². The smallest absolute Gasteiger partial charge is 0.0131 e. The molecule has 0 bridgehead atoms. The Balaban J connectivity index is 1.09. The largest absolute Gasteiger partial charge is 0.0842 e. The zero-order valence-corrected chi connectivity index (χ0v) is 29.7. The van der Waals surface area contributed by atoms with E-state index >= 15 is 0 Å². The Morgan fingerprint density at radius 1 is 0.481 bits per heavy atom. The van der Waals surface area contributed by atoms with Gasteiger partial charge in [-0.3, -0.25) is 0 Å². The highest BCUT2D eigenvalue weighted by Gasteiger charge is 2.35. The lowest BCUT2D eigenvalue weighted by atomic mass is 9.67. The molecule has 0 fully saturated rings. The first-order chi connectivity index (χ1) is 25.8. The Morgan fingerprint density at radius 2 is 1.12 bits per heavy atom. The maximum absolute atomic E-state index is 2.56. The standard InChI is InChI=1S/C52H44/c1-2-14-36(15-3-1)37-29-26-35(27-30-37)28-31-38-32-33-49(43-20-7-6-17-40(38)43)51-45-22-10-12-24-47(45)52(48-25-13-11-23-46(48)51)50-34-39-16-4-5-18-41(39)42-19-8-9-21-44(42)50/h1-2,5-14,17-26,28-29,31-34,40,42-44H,3-4,15-16,27,30H2. The van der Waals surface area contributed by atoms with Crippen molar-refractivity contribution in [2.24, 2.45) is 23.7 Å². The second-order valence-electron chi connectivity index (χ2n) is 15.2. The van der Waals surface area contributed by atoms with Gasteiger partial charge in [0.15, 0.2) is 0 Å². The number of benzene rings is 3. The van der Waals surface area contributed by atoms with Gasteiger partial charge >= 0.3 is 0 Å². The van der Waals surface area contributed by atoms with Crippen LogP contribution >= 0.6 is 0 Å². The molecule has 0 amide bonds. The van der Waals surface area contributed by atoms with Crippen molar-refractivity contribution in [3.05, 3.63) is 215 Å². The van der Waals surface area contributed by atoms with E-state index in [4.69, 9.17) is 0 Å². The molecular formula is C52H44. The minimum absolute atomic E-state index is 0.275. The Labute approximate surface area is 308 Å². The van der Waals surface area contributed by atoms with Crippen molar-refractivity contribution in [1.29, 1.82) is 0 Å². The molecule has 0 aromatic heterocycles. The summed E-state index contributed by atoms with van der Waals surface area (Å²) in [6.07, 6.45) is 54.0. The van der Waals surface area contributed by atoms with Crippen molar-refractivity contribution < 1.29 is 0 Å². The fourth-order valence-electron chi connectivity index (χ4n) is 9.84. The minimum atomic E-state index is 0.275. The molecule has 0 radical (unpaired) electrons. The number of hydrogen-bond donors (Lipinski definition) is 0. The molecule has 0 heteroatoms. The van der Waals surface area contributed by atoms with Gasteiger partial charge in [0.1, 0.15) is 0 Å². The number of allylic oxidation sites excluding steroid dienone is 28. The van der Waals surface area contributed by atoms with Gasteiger partial charge in [0.05, 0.1) is 0 Å². The summed E-state index contributed by atoms with van der Waals surface area (Å²) in [7, 11) is 0. The van der Waals surface area contributed by atoms with E-state index in [1.807, 2.05) is 0 Å². The number of fused-ring (bicyclic) bond motifs is 5. The molecule has 0 nitrogen and oxygen atoms in total. The van der Waals surface area contributed by atoms with Crippen molar-refractivity contribution in [1.82, 2.24) is 0 Å². The van der Waals surface area contributed by atoms with Crippen LogP contribution in [0.15, 0.2) is 203 Å². The Kier molecular flexibility index (Phi) is 7.98. The van der Waals surface area contributed by atoms with Gasteiger partial charge in [0.2, 0.25) is 0 Å². The lowest BCUT2D eigenvalue weighted by Gasteiger charge is -2.36. The predicted octanol–water partition coefficient (Wildman–Crippen LogP) is 13.6. The van der Waals surface area contributed by atoms with Crippen LogP contribution in [-0.2, 0) is 0 Å². The monoisotopic (exact) mass is 668 g/mol. The van der Waals surface area contributed by atoms with Crippen molar-refractivity contribution in [2.45, 2.75) is 38.5 Å². The highest BCUT2D eigenvalue weighted by atomic mass is 14.4. The molecule has 0 heterocycles. The van der Waals surface area contributed by atoms with Crippen LogP contribution in [0.1, 0.15) is 49.7 Å². The van der Waals surface area contributed by atoms with Crippen molar-refractivity contribution in [3.63, 3.8) is 0 Å². The lowest BCUT2D eigenvalue weighted by molar-refractivity contribution is 0.637. The first-order valence-corrected chi connectivity index (χ1v) is 19.4. The van der Waals surface area contributed by atoms with E-state index in [9.17, 15) is 0 Å². The summed E-state index contributed by atoms with van der Waals surface area (Å²) >= 11 is 0. The molecule has 4 unspecified atom stereocenters. The molecule has 3 aromatic carbocycles. The molecule has 0 spiro atoms. The third-order valence-electron chi connectivity index (χ3n) is 12.4. The number of hydrogen-bond acceptors (Lipinski definition) is 0. The van der Waals surface area contributed by atoms with Crippen molar-refractivity contribution in [2.75, 3.05) is 0 Å². The summed E-state index contributed by atoms with van der Waals surface area (Å²) in [4.78, 5) is 0. The lowest BCUT2D eigenvalue weighted by Crippen LogP contribution is -2.22. The van der Waals surface area contributed by atoms with Crippen LogP contribution in [0.4, 0.5) is 0 Å². The first-order valence-electron chi connectivity index (χ1n) is 19.4. The third-order valence-corrected chi connectivity index (χ3v) is 12.4. The fraction of sp³-hybridized carbons (Fsp3) is 0.192. The molecule has 3 aromatic rings. The molecule has 10 rings (SSSR count).